The summed E-state index contributed by atoms with van der Waals surface area (Å²) in [7, 11) is 3.30. The summed E-state index contributed by atoms with van der Waals surface area (Å²) < 4.78 is 5.08. The zero-order valence-corrected chi connectivity index (χ0v) is 15.7. The summed E-state index contributed by atoms with van der Waals surface area (Å²) in [5.74, 6) is 0.309. The van der Waals surface area contributed by atoms with Gasteiger partial charge in [0.15, 0.2) is 0 Å². The molecule has 0 aliphatic heterocycles. The van der Waals surface area contributed by atoms with Gasteiger partial charge in [0.05, 0.1) is 19.7 Å². The molecule has 7 heteroatoms. The molecule has 2 aromatic carbocycles. The third kappa shape index (κ3) is 5.75. The van der Waals surface area contributed by atoms with Crippen LogP contribution in [0.4, 0.5) is 11.4 Å². The van der Waals surface area contributed by atoms with Gasteiger partial charge in [0.1, 0.15) is 5.75 Å². The maximum Gasteiger partial charge on any atom is 0.241 e. The maximum absolute atomic E-state index is 12.3. The molecule has 138 valence electrons. The van der Waals surface area contributed by atoms with Crippen LogP contribution in [-0.2, 0) is 9.59 Å². The minimum atomic E-state index is -0.479. The second kappa shape index (κ2) is 9.22. The Kier molecular flexibility index (Phi) is 7.00. The van der Waals surface area contributed by atoms with Crippen LogP contribution in [0.15, 0.2) is 48.5 Å². The van der Waals surface area contributed by atoms with Gasteiger partial charge in [-0.3, -0.25) is 14.5 Å². The highest BCUT2D eigenvalue weighted by atomic mass is 35.5. The van der Waals surface area contributed by atoms with Gasteiger partial charge >= 0.3 is 0 Å². The second-order valence-corrected chi connectivity index (χ2v) is 6.30. The zero-order chi connectivity index (χ0) is 19.1. The summed E-state index contributed by atoms with van der Waals surface area (Å²) in [5.41, 5.74) is 1.32. The number of likely N-dealkylation sites (N-methyl/N-ethyl adjacent to an activating group) is 1. The molecule has 0 fully saturated rings. The first-order valence-corrected chi connectivity index (χ1v) is 8.47. The smallest absolute Gasteiger partial charge is 0.241 e. The normalized spacial score (nSPS) is 11.7. The molecule has 0 aliphatic rings. The van der Waals surface area contributed by atoms with Crippen molar-refractivity contribution < 1.29 is 14.3 Å². The quantitative estimate of drug-likeness (QED) is 0.779. The number of rotatable bonds is 7. The molecule has 0 bridgehead atoms. The lowest BCUT2D eigenvalue weighted by atomic mass is 10.2. The molecule has 0 saturated heterocycles. The summed E-state index contributed by atoms with van der Waals surface area (Å²) in [4.78, 5) is 26.2. The largest absolute Gasteiger partial charge is 0.497 e. The Bertz CT molecular complexity index is 748. The van der Waals surface area contributed by atoms with E-state index >= 15 is 0 Å². The number of methoxy groups -OCH3 is 1. The fourth-order valence-corrected chi connectivity index (χ4v) is 2.34. The standard InChI is InChI=1S/C19H22ClN3O3/c1-13(19(25)22-16-6-4-14(20)5-7-16)23(2)12-18(24)21-15-8-10-17(26-3)11-9-15/h4-11,13H,12H2,1-3H3,(H,21,24)(H,22,25)/t13-/m0/s1. The van der Waals surface area contributed by atoms with Crippen LogP contribution in [0.25, 0.3) is 0 Å². The summed E-state index contributed by atoms with van der Waals surface area (Å²) >= 11 is 5.83. The molecule has 0 aliphatic carbocycles. The van der Waals surface area contributed by atoms with Gasteiger partial charge in [-0.15, -0.1) is 0 Å². The van der Waals surface area contributed by atoms with Crippen LogP contribution in [0.5, 0.6) is 5.75 Å². The predicted octanol–water partition coefficient (Wildman–Crippen LogP) is 3.25. The number of carbonyl (C=O) groups excluding carboxylic acids is 2. The number of nitrogens with zero attached hydrogens (tertiary/aromatic N) is 1. The molecular weight excluding hydrogens is 354 g/mol. The lowest BCUT2D eigenvalue weighted by molar-refractivity contribution is -0.122. The Labute approximate surface area is 158 Å². The van der Waals surface area contributed by atoms with E-state index < -0.39 is 6.04 Å². The molecule has 1 atom stereocenters. The number of anilines is 2. The van der Waals surface area contributed by atoms with E-state index in [2.05, 4.69) is 10.6 Å². The molecule has 2 N–H and O–H groups in total. The summed E-state index contributed by atoms with van der Waals surface area (Å²) in [6.45, 7) is 1.83. The molecule has 2 aromatic rings. The number of carbonyl (C=O) groups is 2. The van der Waals surface area contributed by atoms with Crippen LogP contribution in [0.1, 0.15) is 6.92 Å². The first-order chi connectivity index (χ1) is 12.4. The zero-order valence-electron chi connectivity index (χ0n) is 15.0. The van der Waals surface area contributed by atoms with Crippen LogP contribution in [0, 0.1) is 0 Å². The number of benzene rings is 2. The van der Waals surface area contributed by atoms with Crippen molar-refractivity contribution in [3.8, 4) is 5.75 Å². The molecule has 0 saturated carbocycles. The highest BCUT2D eigenvalue weighted by Crippen LogP contribution is 2.16. The van der Waals surface area contributed by atoms with Gasteiger partial charge < -0.3 is 15.4 Å². The molecule has 2 amide bonds. The number of halogens is 1. The number of nitrogens with one attached hydrogen (secondary N) is 2. The van der Waals surface area contributed by atoms with E-state index in [1.807, 2.05) is 0 Å². The lowest BCUT2D eigenvalue weighted by Gasteiger charge is -2.23. The number of hydrogen-bond acceptors (Lipinski definition) is 4. The van der Waals surface area contributed by atoms with Crippen molar-refractivity contribution >= 4 is 34.8 Å². The van der Waals surface area contributed by atoms with Gasteiger partial charge in [-0.2, -0.15) is 0 Å². The van der Waals surface area contributed by atoms with Crippen molar-refractivity contribution in [2.45, 2.75) is 13.0 Å². The van der Waals surface area contributed by atoms with Crippen LogP contribution >= 0.6 is 11.6 Å². The highest BCUT2D eigenvalue weighted by molar-refractivity contribution is 6.30. The van der Waals surface area contributed by atoms with Gasteiger partial charge in [0.2, 0.25) is 11.8 Å². The van der Waals surface area contributed by atoms with Gasteiger partial charge in [0, 0.05) is 16.4 Å². The molecule has 0 radical (unpaired) electrons. The predicted molar refractivity (Wildman–Crippen MR) is 104 cm³/mol. The summed E-state index contributed by atoms with van der Waals surface area (Å²) in [5, 5.41) is 6.19. The van der Waals surface area contributed by atoms with Crippen LogP contribution in [0.2, 0.25) is 5.02 Å². The van der Waals surface area contributed by atoms with E-state index in [4.69, 9.17) is 16.3 Å². The second-order valence-electron chi connectivity index (χ2n) is 5.86. The van der Waals surface area contributed by atoms with E-state index in [1.54, 1.807) is 74.5 Å². The maximum atomic E-state index is 12.3. The summed E-state index contributed by atoms with van der Waals surface area (Å²) in [6, 6.07) is 13.4. The molecule has 0 spiro atoms. The fraction of sp³-hybridized carbons (Fsp3) is 0.263. The first kappa shape index (κ1) is 19.8. The fourth-order valence-electron chi connectivity index (χ4n) is 2.22. The molecule has 0 unspecified atom stereocenters. The first-order valence-electron chi connectivity index (χ1n) is 8.09. The Morgan fingerprint density at radius 1 is 1.04 bits per heavy atom. The molecule has 0 heterocycles. The van der Waals surface area contributed by atoms with Gasteiger partial charge in [-0.1, -0.05) is 11.6 Å². The van der Waals surface area contributed by atoms with E-state index in [9.17, 15) is 9.59 Å². The van der Waals surface area contributed by atoms with E-state index in [1.165, 1.54) is 0 Å². The third-order valence-corrected chi connectivity index (χ3v) is 4.17. The van der Waals surface area contributed by atoms with Crippen molar-refractivity contribution in [3.63, 3.8) is 0 Å². The van der Waals surface area contributed by atoms with Crippen LogP contribution in [-0.4, -0.2) is 43.5 Å². The average Bonchev–Trinajstić information content (AvgIpc) is 2.63. The van der Waals surface area contributed by atoms with Crippen molar-refractivity contribution in [3.05, 3.63) is 53.6 Å². The SMILES string of the molecule is COc1ccc(NC(=O)CN(C)[C@@H](C)C(=O)Nc2ccc(Cl)cc2)cc1. The van der Waals surface area contributed by atoms with Gasteiger partial charge in [-0.25, -0.2) is 0 Å². The third-order valence-electron chi connectivity index (χ3n) is 3.92. The topological polar surface area (TPSA) is 70.7 Å². The minimum absolute atomic E-state index is 0.0846. The van der Waals surface area contributed by atoms with Crippen molar-refractivity contribution in [2.24, 2.45) is 0 Å². The molecular formula is C19H22ClN3O3. The van der Waals surface area contributed by atoms with E-state index in [-0.39, 0.29) is 18.4 Å². The number of hydrogen-bond donors (Lipinski definition) is 2. The van der Waals surface area contributed by atoms with Crippen LogP contribution in [0.3, 0.4) is 0 Å². The van der Waals surface area contributed by atoms with Gasteiger partial charge in [0.25, 0.3) is 0 Å². The van der Waals surface area contributed by atoms with Gasteiger partial charge in [-0.05, 0) is 62.5 Å². The number of ether oxygens (including phenoxy) is 1. The molecule has 6 nitrogen and oxygen atoms in total. The van der Waals surface area contributed by atoms with Crippen molar-refractivity contribution in [2.75, 3.05) is 31.3 Å². The Morgan fingerprint density at radius 2 is 1.58 bits per heavy atom. The highest BCUT2D eigenvalue weighted by Gasteiger charge is 2.20. The van der Waals surface area contributed by atoms with Crippen LogP contribution < -0.4 is 15.4 Å². The average molecular weight is 376 g/mol. The Balaban J connectivity index is 1.86. The molecule has 26 heavy (non-hydrogen) atoms. The molecule has 0 aromatic heterocycles. The number of amides is 2. The van der Waals surface area contributed by atoms with Crippen molar-refractivity contribution in [1.29, 1.82) is 0 Å². The Morgan fingerprint density at radius 3 is 2.15 bits per heavy atom. The lowest BCUT2D eigenvalue weighted by Crippen LogP contribution is -2.43. The van der Waals surface area contributed by atoms with E-state index in [0.29, 0.717) is 22.1 Å². The minimum Gasteiger partial charge on any atom is -0.497 e. The Hall–Kier alpha value is -2.57. The van der Waals surface area contributed by atoms with Crippen molar-refractivity contribution in [1.82, 2.24) is 4.90 Å². The monoisotopic (exact) mass is 375 g/mol. The van der Waals surface area contributed by atoms with E-state index in [0.717, 1.165) is 0 Å². The molecule has 2 rings (SSSR count). The summed E-state index contributed by atoms with van der Waals surface area (Å²) in [6.07, 6.45) is 0.